The third kappa shape index (κ3) is 4.31. The predicted octanol–water partition coefficient (Wildman–Crippen LogP) is 1.88. The first-order valence-electron chi connectivity index (χ1n) is 9.05. The molecule has 1 atom stereocenters. The van der Waals surface area contributed by atoms with Crippen LogP contribution in [-0.2, 0) is 35.2 Å². The van der Waals surface area contributed by atoms with E-state index in [-0.39, 0.29) is 18.1 Å². The summed E-state index contributed by atoms with van der Waals surface area (Å²) in [5.74, 6) is 1.46. The topological polar surface area (TPSA) is 76.7 Å². The van der Waals surface area contributed by atoms with Crippen LogP contribution in [0, 0.1) is 0 Å². The minimum absolute atomic E-state index is 0.0977. The summed E-state index contributed by atoms with van der Waals surface area (Å²) in [5.41, 5.74) is 3.69. The van der Waals surface area contributed by atoms with Gasteiger partial charge in [-0.3, -0.25) is 9.00 Å². The van der Waals surface area contributed by atoms with E-state index in [0.29, 0.717) is 36.2 Å². The number of rotatable bonds is 6. The van der Waals surface area contributed by atoms with Gasteiger partial charge in [-0.15, -0.1) is 0 Å². The molecule has 0 spiro atoms. The van der Waals surface area contributed by atoms with E-state index in [2.05, 4.69) is 22.8 Å². The fourth-order valence-corrected chi connectivity index (χ4v) is 4.28. The number of fused-ring (bicyclic) bond motifs is 2. The summed E-state index contributed by atoms with van der Waals surface area (Å²) in [6.07, 6.45) is 0.216. The normalized spacial score (nSPS) is 15.9. The van der Waals surface area contributed by atoms with E-state index in [9.17, 15) is 9.00 Å². The van der Waals surface area contributed by atoms with Gasteiger partial charge < -0.3 is 20.1 Å². The maximum Gasteiger partial charge on any atom is 0.221 e. The fourth-order valence-electron chi connectivity index (χ4n) is 3.22. The Labute approximate surface area is 160 Å². The molecule has 4 rings (SSSR count). The molecule has 0 bridgehead atoms. The number of amides is 1. The van der Waals surface area contributed by atoms with Gasteiger partial charge in [0.15, 0.2) is 11.5 Å². The van der Waals surface area contributed by atoms with Gasteiger partial charge in [-0.25, -0.2) is 0 Å². The maximum absolute atomic E-state index is 12.5. The van der Waals surface area contributed by atoms with Crippen molar-refractivity contribution in [3.8, 4) is 11.5 Å². The molecule has 142 valence electrons. The molecule has 0 radical (unpaired) electrons. The number of carbonyl (C=O) groups is 1. The molecule has 2 heterocycles. The van der Waals surface area contributed by atoms with Gasteiger partial charge >= 0.3 is 0 Å². The first kappa shape index (κ1) is 18.0. The van der Waals surface area contributed by atoms with Crippen molar-refractivity contribution in [2.75, 3.05) is 19.0 Å². The summed E-state index contributed by atoms with van der Waals surface area (Å²) in [5, 5.41) is 6.22. The molecule has 7 heteroatoms. The average molecular weight is 386 g/mol. The Morgan fingerprint density at radius 1 is 1.04 bits per heavy atom. The zero-order valence-corrected chi connectivity index (χ0v) is 15.8. The highest BCUT2D eigenvalue weighted by molar-refractivity contribution is 7.85. The van der Waals surface area contributed by atoms with Gasteiger partial charge in [-0.1, -0.05) is 18.2 Å². The molecular formula is C20H22N2O4S. The van der Waals surface area contributed by atoms with Crippen molar-refractivity contribution in [1.29, 1.82) is 0 Å². The Morgan fingerprint density at radius 3 is 2.74 bits per heavy atom. The van der Waals surface area contributed by atoms with E-state index in [1.54, 1.807) is 18.2 Å². The highest BCUT2D eigenvalue weighted by Crippen LogP contribution is 2.31. The van der Waals surface area contributed by atoms with Crippen molar-refractivity contribution >= 4 is 16.7 Å². The third-order valence-electron chi connectivity index (χ3n) is 4.68. The van der Waals surface area contributed by atoms with Crippen LogP contribution in [0.1, 0.15) is 23.1 Å². The molecule has 1 amide bonds. The fraction of sp³-hybridized carbons (Fsp3) is 0.350. The highest BCUT2D eigenvalue weighted by atomic mass is 32.2. The molecule has 2 aliphatic rings. The Hall–Kier alpha value is -2.38. The third-order valence-corrected chi connectivity index (χ3v) is 6.04. The van der Waals surface area contributed by atoms with E-state index in [1.807, 2.05) is 6.07 Å². The van der Waals surface area contributed by atoms with Crippen LogP contribution in [0.25, 0.3) is 0 Å². The van der Waals surface area contributed by atoms with Gasteiger partial charge in [0.1, 0.15) is 13.2 Å². The minimum atomic E-state index is -1.25. The number of nitrogens with one attached hydrogen (secondary N) is 2. The monoisotopic (exact) mass is 386 g/mol. The summed E-state index contributed by atoms with van der Waals surface area (Å²) in [4.78, 5) is 12.8. The van der Waals surface area contributed by atoms with Crippen molar-refractivity contribution < 1.29 is 18.5 Å². The molecule has 1 unspecified atom stereocenters. The Kier molecular flexibility index (Phi) is 5.40. The first-order valence-corrected chi connectivity index (χ1v) is 10.4. The lowest BCUT2D eigenvalue weighted by molar-refractivity contribution is -0.120. The van der Waals surface area contributed by atoms with E-state index >= 15 is 0 Å². The SMILES string of the molecule is O=C(CCS(=O)c1ccc2c(c1)OCCO2)NCc1ccc2c(c1)CNC2. The summed E-state index contributed by atoms with van der Waals surface area (Å²) in [6, 6.07) is 11.5. The van der Waals surface area contributed by atoms with Crippen LogP contribution in [0.2, 0.25) is 0 Å². The smallest absolute Gasteiger partial charge is 0.221 e. The molecule has 0 fully saturated rings. The lowest BCUT2D eigenvalue weighted by atomic mass is 10.1. The number of benzene rings is 2. The van der Waals surface area contributed by atoms with Crippen LogP contribution in [0.15, 0.2) is 41.3 Å². The molecule has 2 aromatic carbocycles. The minimum Gasteiger partial charge on any atom is -0.486 e. The van der Waals surface area contributed by atoms with Gasteiger partial charge in [0.25, 0.3) is 0 Å². The summed E-state index contributed by atoms with van der Waals surface area (Å²) < 4.78 is 23.4. The van der Waals surface area contributed by atoms with Gasteiger partial charge in [-0.2, -0.15) is 0 Å². The molecule has 2 N–H and O–H groups in total. The van der Waals surface area contributed by atoms with E-state index < -0.39 is 10.8 Å². The first-order chi connectivity index (χ1) is 13.2. The second kappa shape index (κ2) is 8.10. The predicted molar refractivity (Wildman–Crippen MR) is 102 cm³/mol. The van der Waals surface area contributed by atoms with Gasteiger partial charge in [-0.05, 0) is 28.8 Å². The molecule has 0 aliphatic carbocycles. The number of carbonyl (C=O) groups excluding carboxylic acids is 1. The maximum atomic E-state index is 12.5. The average Bonchev–Trinajstić information content (AvgIpc) is 3.18. The van der Waals surface area contributed by atoms with Crippen LogP contribution in [0.5, 0.6) is 11.5 Å². The van der Waals surface area contributed by atoms with Crippen LogP contribution in [-0.4, -0.2) is 29.1 Å². The molecule has 0 saturated heterocycles. The molecular weight excluding hydrogens is 364 g/mol. The van der Waals surface area contributed by atoms with Crippen molar-refractivity contribution in [1.82, 2.24) is 10.6 Å². The van der Waals surface area contributed by atoms with Crippen LogP contribution < -0.4 is 20.1 Å². The molecule has 6 nitrogen and oxygen atoms in total. The molecule has 0 saturated carbocycles. The number of ether oxygens (including phenoxy) is 2. The molecule has 2 aliphatic heterocycles. The van der Waals surface area contributed by atoms with E-state index in [1.165, 1.54) is 11.1 Å². The molecule has 0 aromatic heterocycles. The van der Waals surface area contributed by atoms with Crippen LogP contribution in [0.3, 0.4) is 0 Å². The van der Waals surface area contributed by atoms with Crippen molar-refractivity contribution in [2.24, 2.45) is 0 Å². The summed E-state index contributed by atoms with van der Waals surface area (Å²) >= 11 is 0. The van der Waals surface area contributed by atoms with Crippen LogP contribution in [0.4, 0.5) is 0 Å². The lowest BCUT2D eigenvalue weighted by Gasteiger charge is -2.18. The van der Waals surface area contributed by atoms with Gasteiger partial charge in [0, 0.05) is 42.8 Å². The standard InChI is InChI=1S/C20H22N2O4S/c23-20(22-11-14-1-2-15-12-21-13-16(15)9-14)5-8-27(24)17-3-4-18-19(10-17)26-7-6-25-18/h1-4,9-10,21H,5-8,11-13H2,(H,22,23). The van der Waals surface area contributed by atoms with Crippen molar-refractivity contribution in [3.63, 3.8) is 0 Å². The second-order valence-electron chi connectivity index (χ2n) is 6.59. The number of hydrogen-bond acceptors (Lipinski definition) is 5. The zero-order chi connectivity index (χ0) is 18.6. The summed E-state index contributed by atoms with van der Waals surface area (Å²) in [7, 11) is -1.25. The lowest BCUT2D eigenvalue weighted by Crippen LogP contribution is -2.24. The Balaban J connectivity index is 1.27. The number of hydrogen-bond donors (Lipinski definition) is 2. The quantitative estimate of drug-likeness (QED) is 0.793. The van der Waals surface area contributed by atoms with Gasteiger partial charge in [0.05, 0.1) is 10.8 Å². The molecule has 2 aromatic rings. The highest BCUT2D eigenvalue weighted by Gasteiger charge is 2.15. The van der Waals surface area contributed by atoms with E-state index in [4.69, 9.17) is 9.47 Å². The van der Waals surface area contributed by atoms with Crippen molar-refractivity contribution in [3.05, 3.63) is 53.1 Å². The Bertz CT molecular complexity index is 884. The zero-order valence-electron chi connectivity index (χ0n) is 15.0. The van der Waals surface area contributed by atoms with Crippen LogP contribution >= 0.6 is 0 Å². The molecule has 27 heavy (non-hydrogen) atoms. The van der Waals surface area contributed by atoms with Crippen molar-refractivity contribution in [2.45, 2.75) is 31.0 Å². The van der Waals surface area contributed by atoms with E-state index in [0.717, 1.165) is 18.7 Å². The summed E-state index contributed by atoms with van der Waals surface area (Å²) in [6.45, 7) is 3.29. The van der Waals surface area contributed by atoms with Gasteiger partial charge in [0.2, 0.25) is 5.91 Å². The second-order valence-corrected chi connectivity index (χ2v) is 8.16. The largest absolute Gasteiger partial charge is 0.486 e. The Morgan fingerprint density at radius 2 is 1.85 bits per heavy atom.